The summed E-state index contributed by atoms with van der Waals surface area (Å²) in [6, 6.07) is 7.87. The number of carbonyl (C=O) groups excluding carboxylic acids is 2. The third kappa shape index (κ3) is 7.48. The molecular formula is C21H32N2O7S. The number of carbonyl (C=O) groups is 2. The molecule has 0 radical (unpaired) electrons. The van der Waals surface area contributed by atoms with Gasteiger partial charge in [-0.15, -0.1) is 0 Å². The highest BCUT2D eigenvalue weighted by atomic mass is 32.2. The minimum absolute atomic E-state index is 0.0881. The van der Waals surface area contributed by atoms with Crippen molar-refractivity contribution in [2.45, 2.75) is 70.8 Å². The van der Waals surface area contributed by atoms with Crippen LogP contribution in [-0.4, -0.2) is 61.9 Å². The maximum absolute atomic E-state index is 12.9. The van der Waals surface area contributed by atoms with Gasteiger partial charge in [0.1, 0.15) is 23.2 Å². The summed E-state index contributed by atoms with van der Waals surface area (Å²) in [4.78, 5) is 25.6. The lowest BCUT2D eigenvalue weighted by atomic mass is 10.1. The van der Waals surface area contributed by atoms with Crippen molar-refractivity contribution in [3.05, 3.63) is 35.9 Å². The van der Waals surface area contributed by atoms with Crippen molar-refractivity contribution in [1.82, 2.24) is 10.2 Å². The SMILES string of the molecule is CC(=O)NC[C@H]1OC(C)(C)N(C(=O)OC(C)(C)C)[C@@H]1COS(=O)(=O)Cc1ccccc1. The van der Waals surface area contributed by atoms with Gasteiger partial charge in [-0.3, -0.25) is 13.9 Å². The highest BCUT2D eigenvalue weighted by Crippen LogP contribution is 2.34. The molecular weight excluding hydrogens is 424 g/mol. The van der Waals surface area contributed by atoms with Crippen LogP contribution in [0, 0.1) is 0 Å². The van der Waals surface area contributed by atoms with E-state index in [0.29, 0.717) is 5.56 Å². The molecule has 2 rings (SSSR count). The molecule has 2 atom stereocenters. The molecule has 0 aliphatic carbocycles. The fraction of sp³-hybridized carbons (Fsp3) is 0.619. The van der Waals surface area contributed by atoms with Gasteiger partial charge in [0.05, 0.1) is 12.6 Å². The Morgan fingerprint density at radius 2 is 1.81 bits per heavy atom. The normalized spacial score (nSPS) is 21.0. The number of hydrogen-bond donors (Lipinski definition) is 1. The van der Waals surface area contributed by atoms with E-state index in [4.69, 9.17) is 13.7 Å². The summed E-state index contributed by atoms with van der Waals surface area (Å²) in [5, 5.41) is 2.65. The zero-order valence-electron chi connectivity index (χ0n) is 18.9. The molecule has 10 heteroatoms. The summed E-state index contributed by atoms with van der Waals surface area (Å²) in [5.74, 6) is -0.568. The number of rotatable bonds is 7. The van der Waals surface area contributed by atoms with E-state index in [-0.39, 0.29) is 24.8 Å². The van der Waals surface area contributed by atoms with Crippen LogP contribution in [0.2, 0.25) is 0 Å². The van der Waals surface area contributed by atoms with Crippen molar-refractivity contribution in [2.75, 3.05) is 13.2 Å². The number of amides is 2. The molecule has 1 fully saturated rings. The maximum atomic E-state index is 12.9. The van der Waals surface area contributed by atoms with Gasteiger partial charge in [0.25, 0.3) is 10.1 Å². The zero-order valence-corrected chi connectivity index (χ0v) is 19.7. The summed E-state index contributed by atoms with van der Waals surface area (Å²) in [6.07, 6.45) is -1.34. The molecule has 0 aromatic heterocycles. The van der Waals surface area contributed by atoms with Crippen LogP contribution in [-0.2, 0) is 34.3 Å². The molecule has 1 saturated heterocycles. The van der Waals surface area contributed by atoms with Gasteiger partial charge in [-0.2, -0.15) is 8.42 Å². The van der Waals surface area contributed by atoms with E-state index >= 15 is 0 Å². The number of nitrogens with zero attached hydrogens (tertiary/aromatic N) is 1. The Labute approximate surface area is 184 Å². The van der Waals surface area contributed by atoms with E-state index in [2.05, 4.69) is 5.32 Å². The number of hydrogen-bond acceptors (Lipinski definition) is 7. The molecule has 0 unspecified atom stereocenters. The number of nitrogens with one attached hydrogen (secondary N) is 1. The second-order valence-electron chi connectivity index (χ2n) is 8.93. The van der Waals surface area contributed by atoms with E-state index < -0.39 is 39.7 Å². The van der Waals surface area contributed by atoms with E-state index in [1.54, 1.807) is 65.0 Å². The first-order valence-electron chi connectivity index (χ1n) is 10.1. The van der Waals surface area contributed by atoms with Crippen molar-refractivity contribution < 1.29 is 31.7 Å². The summed E-state index contributed by atoms with van der Waals surface area (Å²) < 4.78 is 41.8. The predicted molar refractivity (Wildman–Crippen MR) is 115 cm³/mol. The van der Waals surface area contributed by atoms with E-state index in [1.807, 2.05) is 0 Å². The standard InChI is InChI=1S/C21H32N2O7S/c1-15(24)22-12-18-17(13-28-31(26,27)14-16-10-8-7-9-11-16)23(21(5,6)29-18)19(25)30-20(2,3)4/h7-11,17-18H,12-14H2,1-6H3,(H,22,24)/t17-,18-/m1/s1. The Bertz CT molecular complexity index is 879. The molecule has 1 N–H and O–H groups in total. The minimum atomic E-state index is -3.92. The highest BCUT2D eigenvalue weighted by molar-refractivity contribution is 7.85. The first-order valence-corrected chi connectivity index (χ1v) is 11.6. The van der Waals surface area contributed by atoms with Crippen LogP contribution in [0.5, 0.6) is 0 Å². The lowest BCUT2D eigenvalue weighted by molar-refractivity contribution is -0.120. The fourth-order valence-corrected chi connectivity index (χ4v) is 4.37. The molecule has 9 nitrogen and oxygen atoms in total. The van der Waals surface area contributed by atoms with Crippen molar-refractivity contribution in [2.24, 2.45) is 0 Å². The maximum Gasteiger partial charge on any atom is 0.412 e. The Morgan fingerprint density at radius 1 is 1.19 bits per heavy atom. The minimum Gasteiger partial charge on any atom is -0.444 e. The molecule has 0 spiro atoms. The second-order valence-corrected chi connectivity index (χ2v) is 10.6. The van der Waals surface area contributed by atoms with Gasteiger partial charge in [0.15, 0.2) is 0 Å². The van der Waals surface area contributed by atoms with Gasteiger partial charge >= 0.3 is 6.09 Å². The van der Waals surface area contributed by atoms with Crippen LogP contribution in [0.3, 0.4) is 0 Å². The van der Waals surface area contributed by atoms with Gasteiger partial charge in [-0.1, -0.05) is 30.3 Å². The molecule has 31 heavy (non-hydrogen) atoms. The van der Waals surface area contributed by atoms with Gasteiger partial charge in [-0.25, -0.2) is 4.79 Å². The average Bonchev–Trinajstić information content (AvgIpc) is 2.87. The molecule has 1 heterocycles. The van der Waals surface area contributed by atoms with E-state index in [0.717, 1.165) is 0 Å². The second kappa shape index (κ2) is 9.54. The van der Waals surface area contributed by atoms with Gasteiger partial charge in [-0.05, 0) is 40.2 Å². The molecule has 1 aromatic carbocycles. The fourth-order valence-electron chi connectivity index (χ4n) is 3.34. The van der Waals surface area contributed by atoms with Crippen LogP contribution in [0.15, 0.2) is 30.3 Å². The summed E-state index contributed by atoms with van der Waals surface area (Å²) >= 11 is 0. The topological polar surface area (TPSA) is 111 Å². The smallest absolute Gasteiger partial charge is 0.412 e. The van der Waals surface area contributed by atoms with Gasteiger partial charge < -0.3 is 14.8 Å². The highest BCUT2D eigenvalue weighted by Gasteiger charge is 2.51. The average molecular weight is 457 g/mol. The quantitative estimate of drug-likeness (QED) is 0.627. The predicted octanol–water partition coefficient (Wildman–Crippen LogP) is 2.41. The molecule has 2 amide bonds. The van der Waals surface area contributed by atoms with Crippen LogP contribution >= 0.6 is 0 Å². The van der Waals surface area contributed by atoms with Crippen LogP contribution in [0.1, 0.15) is 47.1 Å². The Morgan fingerprint density at radius 3 is 2.35 bits per heavy atom. The third-order valence-corrected chi connectivity index (χ3v) is 5.71. The lowest BCUT2D eigenvalue weighted by Crippen LogP contribution is -2.52. The first-order chi connectivity index (χ1) is 14.2. The molecule has 1 aliphatic rings. The number of ether oxygens (including phenoxy) is 2. The van der Waals surface area contributed by atoms with Gasteiger partial charge in [0, 0.05) is 13.5 Å². The van der Waals surface area contributed by atoms with E-state index in [9.17, 15) is 18.0 Å². The van der Waals surface area contributed by atoms with Crippen LogP contribution < -0.4 is 5.32 Å². The molecule has 0 bridgehead atoms. The van der Waals surface area contributed by atoms with Crippen molar-refractivity contribution >= 4 is 22.1 Å². The van der Waals surface area contributed by atoms with E-state index in [1.165, 1.54) is 11.8 Å². The van der Waals surface area contributed by atoms with Crippen molar-refractivity contribution in [1.29, 1.82) is 0 Å². The summed E-state index contributed by atoms with van der Waals surface area (Å²) in [7, 11) is -3.92. The molecule has 0 saturated carbocycles. The van der Waals surface area contributed by atoms with Crippen LogP contribution in [0.25, 0.3) is 0 Å². The largest absolute Gasteiger partial charge is 0.444 e. The molecule has 174 valence electrons. The Hall–Kier alpha value is -2.17. The van der Waals surface area contributed by atoms with Gasteiger partial charge in [0.2, 0.25) is 5.91 Å². The molecule has 1 aromatic rings. The van der Waals surface area contributed by atoms with Crippen molar-refractivity contribution in [3.63, 3.8) is 0 Å². The summed E-state index contributed by atoms with van der Waals surface area (Å²) in [5.41, 5.74) is -1.26. The Kier molecular flexibility index (Phi) is 7.72. The lowest BCUT2D eigenvalue weighted by Gasteiger charge is -2.35. The number of benzene rings is 1. The van der Waals surface area contributed by atoms with Crippen LogP contribution in [0.4, 0.5) is 4.79 Å². The Balaban J connectivity index is 2.22. The van der Waals surface area contributed by atoms with Crippen molar-refractivity contribution in [3.8, 4) is 0 Å². The summed E-state index contributed by atoms with van der Waals surface area (Å²) in [6.45, 7) is 9.68. The molecule has 1 aliphatic heterocycles. The third-order valence-electron chi connectivity index (χ3n) is 4.53. The zero-order chi connectivity index (χ0) is 23.4. The first kappa shape index (κ1) is 25.1. The monoisotopic (exact) mass is 456 g/mol.